The van der Waals surface area contributed by atoms with Crippen molar-refractivity contribution in [2.45, 2.75) is 57.8 Å². The minimum Gasteiger partial charge on any atom is -0.393 e. The number of aldehydes is 1. The van der Waals surface area contributed by atoms with Gasteiger partial charge in [-0.3, -0.25) is 4.79 Å². The first-order valence-electron chi connectivity index (χ1n) is 6.46. The van der Waals surface area contributed by atoms with Crippen molar-refractivity contribution in [2.75, 3.05) is 0 Å². The zero-order chi connectivity index (χ0) is 13.6. The van der Waals surface area contributed by atoms with Gasteiger partial charge in [0.05, 0.1) is 6.10 Å². The molecule has 0 radical (unpaired) electrons. The molecule has 1 heterocycles. The number of ether oxygens (including phenoxy) is 1. The average Bonchev–Trinajstić information content (AvgIpc) is 2.82. The molecule has 0 amide bonds. The van der Waals surface area contributed by atoms with Gasteiger partial charge < -0.3 is 9.84 Å². The fourth-order valence-electron chi connectivity index (χ4n) is 3.49. The fraction of sp³-hybridized carbons (Fsp3) is 0.667. The molecule has 0 spiro atoms. The van der Waals surface area contributed by atoms with Crippen LogP contribution >= 0.6 is 0 Å². The molecule has 2 aliphatic rings. The third kappa shape index (κ3) is 1.86. The van der Waals surface area contributed by atoms with Gasteiger partial charge in [-0.15, -0.1) is 0 Å². The maximum atomic E-state index is 10.4. The molecule has 18 heavy (non-hydrogen) atoms. The summed E-state index contributed by atoms with van der Waals surface area (Å²) < 4.78 is 6.00. The summed E-state index contributed by atoms with van der Waals surface area (Å²) in [6.07, 6.45) is 7.46. The first-order valence-corrected chi connectivity index (χ1v) is 6.46. The first-order chi connectivity index (χ1) is 8.26. The second kappa shape index (κ2) is 4.04. The summed E-state index contributed by atoms with van der Waals surface area (Å²) in [5, 5.41) is 9.92. The lowest BCUT2D eigenvalue weighted by Gasteiger charge is -2.39. The Kier molecular flexibility index (Phi) is 3.03. The number of hydrogen-bond acceptors (Lipinski definition) is 3. The van der Waals surface area contributed by atoms with Crippen molar-refractivity contribution in [3.05, 3.63) is 23.8 Å². The van der Waals surface area contributed by atoms with E-state index in [1.165, 1.54) is 6.08 Å². The Bertz CT molecular complexity index is 421. The van der Waals surface area contributed by atoms with Crippen LogP contribution in [0, 0.1) is 5.41 Å². The van der Waals surface area contributed by atoms with Gasteiger partial charge >= 0.3 is 0 Å². The van der Waals surface area contributed by atoms with Gasteiger partial charge in [0.15, 0.2) is 0 Å². The lowest BCUT2D eigenvalue weighted by Crippen LogP contribution is -2.46. The molecule has 3 heteroatoms. The number of carbonyl (C=O) groups is 1. The number of epoxide rings is 1. The van der Waals surface area contributed by atoms with Crippen molar-refractivity contribution in [3.63, 3.8) is 0 Å². The van der Waals surface area contributed by atoms with E-state index >= 15 is 0 Å². The molecule has 1 N–H and O–H groups in total. The van der Waals surface area contributed by atoms with Gasteiger partial charge in [-0.05, 0) is 38.0 Å². The van der Waals surface area contributed by atoms with Crippen molar-refractivity contribution < 1.29 is 14.6 Å². The largest absolute Gasteiger partial charge is 0.393 e. The van der Waals surface area contributed by atoms with Crippen LogP contribution < -0.4 is 0 Å². The van der Waals surface area contributed by atoms with Crippen molar-refractivity contribution in [2.24, 2.45) is 5.41 Å². The van der Waals surface area contributed by atoms with Crippen LogP contribution in [0.1, 0.15) is 40.5 Å². The molecule has 0 aromatic heterocycles. The van der Waals surface area contributed by atoms with Gasteiger partial charge in [-0.25, -0.2) is 0 Å². The smallest absolute Gasteiger partial charge is 0.143 e. The summed E-state index contributed by atoms with van der Waals surface area (Å²) in [7, 11) is 0. The summed E-state index contributed by atoms with van der Waals surface area (Å²) in [6, 6.07) is 0. The second-order valence-corrected chi connectivity index (χ2v) is 6.39. The number of allylic oxidation sites excluding steroid dienone is 3. The number of fused-ring (bicyclic) bond motifs is 1. The number of aliphatic hydroxyl groups excluding tert-OH is 1. The first kappa shape index (κ1) is 13.5. The molecule has 3 nitrogen and oxygen atoms in total. The van der Waals surface area contributed by atoms with E-state index < -0.39 is 0 Å². The predicted octanol–water partition coefficient (Wildman–Crippen LogP) is 2.40. The highest BCUT2D eigenvalue weighted by molar-refractivity contribution is 5.67. The molecule has 1 saturated heterocycles. The second-order valence-electron chi connectivity index (χ2n) is 6.39. The van der Waals surface area contributed by atoms with Crippen LogP contribution in [0.15, 0.2) is 23.8 Å². The normalized spacial score (nSPS) is 42.7. The highest BCUT2D eigenvalue weighted by Gasteiger charge is 2.74. The van der Waals surface area contributed by atoms with Gasteiger partial charge in [0, 0.05) is 11.8 Å². The van der Waals surface area contributed by atoms with Crippen molar-refractivity contribution in [1.29, 1.82) is 0 Å². The molecule has 2 fully saturated rings. The van der Waals surface area contributed by atoms with Crippen molar-refractivity contribution in [3.8, 4) is 0 Å². The fourth-order valence-corrected chi connectivity index (χ4v) is 3.49. The number of aliphatic hydroxyl groups is 1. The van der Waals surface area contributed by atoms with Crippen molar-refractivity contribution in [1.82, 2.24) is 0 Å². The Hall–Kier alpha value is -0.930. The molecule has 1 unspecified atom stereocenters. The Morgan fingerprint density at radius 1 is 1.33 bits per heavy atom. The van der Waals surface area contributed by atoms with Gasteiger partial charge in [-0.2, -0.15) is 0 Å². The molecule has 0 aromatic carbocycles. The van der Waals surface area contributed by atoms with Gasteiger partial charge in [0.2, 0.25) is 0 Å². The predicted molar refractivity (Wildman–Crippen MR) is 70.2 cm³/mol. The molecular weight excluding hydrogens is 228 g/mol. The van der Waals surface area contributed by atoms with Gasteiger partial charge in [-0.1, -0.05) is 19.9 Å². The summed E-state index contributed by atoms with van der Waals surface area (Å²) >= 11 is 0. The van der Waals surface area contributed by atoms with Crippen molar-refractivity contribution >= 4 is 6.29 Å². The molecule has 1 aliphatic carbocycles. The van der Waals surface area contributed by atoms with E-state index in [4.69, 9.17) is 4.74 Å². The standard InChI is InChI=1S/C15H22O3/c1-11(6-8-16)5-7-15-13(2,3)9-12(17)10-14(15,4)18-15/h5-8,12,17H,9-10H2,1-4H3/b7-5+,11-6-/t12-,14+,15?/m0/s1. The topological polar surface area (TPSA) is 49.8 Å². The maximum Gasteiger partial charge on any atom is 0.143 e. The van der Waals surface area contributed by atoms with Gasteiger partial charge in [0.1, 0.15) is 17.5 Å². The monoisotopic (exact) mass is 250 g/mol. The van der Waals surface area contributed by atoms with Gasteiger partial charge in [0.25, 0.3) is 0 Å². The third-order valence-electron chi connectivity index (χ3n) is 4.42. The van der Waals surface area contributed by atoms with Crippen LogP contribution in [0.3, 0.4) is 0 Å². The molecule has 100 valence electrons. The zero-order valence-electron chi connectivity index (χ0n) is 11.6. The lowest BCUT2D eigenvalue weighted by molar-refractivity contribution is -0.104. The van der Waals surface area contributed by atoms with Crippen LogP contribution in [-0.2, 0) is 9.53 Å². The number of rotatable bonds is 3. The Morgan fingerprint density at radius 3 is 2.56 bits per heavy atom. The minimum atomic E-state index is -0.308. The molecular formula is C15H22O3. The summed E-state index contributed by atoms with van der Waals surface area (Å²) in [6.45, 7) is 8.21. The van der Waals surface area contributed by atoms with E-state index in [1.54, 1.807) is 0 Å². The quantitative estimate of drug-likeness (QED) is 0.362. The average molecular weight is 250 g/mol. The van der Waals surface area contributed by atoms with Crippen LogP contribution in [0.5, 0.6) is 0 Å². The van der Waals surface area contributed by atoms with Crippen LogP contribution in [0.4, 0.5) is 0 Å². The number of hydrogen-bond donors (Lipinski definition) is 1. The summed E-state index contributed by atoms with van der Waals surface area (Å²) in [5.41, 5.74) is 0.236. The van der Waals surface area contributed by atoms with Crippen LogP contribution in [-0.4, -0.2) is 28.7 Å². The Balaban J connectivity index is 2.27. The van der Waals surface area contributed by atoms with E-state index in [9.17, 15) is 9.90 Å². The summed E-state index contributed by atoms with van der Waals surface area (Å²) in [5.74, 6) is 0. The molecule has 0 bridgehead atoms. The van der Waals surface area contributed by atoms with E-state index in [0.29, 0.717) is 6.42 Å². The van der Waals surface area contributed by atoms with Crippen LogP contribution in [0.2, 0.25) is 0 Å². The molecule has 0 aromatic rings. The molecule has 2 rings (SSSR count). The Morgan fingerprint density at radius 2 is 2.00 bits per heavy atom. The van der Waals surface area contributed by atoms with E-state index in [2.05, 4.69) is 26.8 Å². The van der Waals surface area contributed by atoms with E-state index in [-0.39, 0.29) is 22.7 Å². The molecule has 1 aliphatic heterocycles. The minimum absolute atomic E-state index is 0.0998. The number of carbonyl (C=O) groups excluding carboxylic acids is 1. The third-order valence-corrected chi connectivity index (χ3v) is 4.42. The summed E-state index contributed by atoms with van der Waals surface area (Å²) in [4.78, 5) is 10.4. The Labute approximate surface area is 109 Å². The van der Waals surface area contributed by atoms with Crippen LogP contribution in [0.25, 0.3) is 0 Å². The van der Waals surface area contributed by atoms with E-state index in [1.807, 2.05) is 13.0 Å². The highest BCUT2D eigenvalue weighted by Crippen LogP contribution is 2.66. The molecule has 1 saturated carbocycles. The highest BCUT2D eigenvalue weighted by atomic mass is 16.6. The molecule has 3 atom stereocenters. The zero-order valence-corrected chi connectivity index (χ0v) is 11.6. The SMILES string of the molecule is CC(=C/C=O)/C=C/C12O[C@]1(C)C[C@@H](O)CC2(C)C. The van der Waals surface area contributed by atoms with E-state index in [0.717, 1.165) is 18.3 Å². The maximum absolute atomic E-state index is 10.4. The lowest BCUT2D eigenvalue weighted by atomic mass is 9.63.